The van der Waals surface area contributed by atoms with Crippen LogP contribution in [0.1, 0.15) is 90.9 Å². The van der Waals surface area contributed by atoms with Crippen molar-refractivity contribution in [2.24, 2.45) is 0 Å². The van der Waals surface area contributed by atoms with Gasteiger partial charge in [-0.3, -0.25) is 0 Å². The van der Waals surface area contributed by atoms with Crippen LogP contribution in [0.4, 0.5) is 4.79 Å². The molecule has 0 heterocycles. The van der Waals surface area contributed by atoms with Gasteiger partial charge in [0.15, 0.2) is 0 Å². The van der Waals surface area contributed by atoms with Gasteiger partial charge >= 0.3 is 6.09 Å². The zero-order valence-corrected chi connectivity index (χ0v) is 17.6. The van der Waals surface area contributed by atoms with Crippen LogP contribution in [0.2, 0.25) is 0 Å². The molecule has 0 aliphatic rings. The first kappa shape index (κ1) is 24.2. The highest BCUT2D eigenvalue weighted by Gasteiger charge is 2.15. The minimum Gasteiger partial charge on any atom is -0.444 e. The van der Waals surface area contributed by atoms with E-state index in [1.54, 1.807) is 0 Å². The molecule has 0 spiro atoms. The van der Waals surface area contributed by atoms with E-state index in [9.17, 15) is 4.79 Å². The Bertz CT molecular complexity index is 306. The van der Waals surface area contributed by atoms with E-state index < -0.39 is 0 Å². The second kappa shape index (κ2) is 16.7. The van der Waals surface area contributed by atoms with Gasteiger partial charge in [0.05, 0.1) is 20.6 Å². The highest BCUT2D eigenvalue weighted by atomic mass is 16.5. The number of rotatable bonds is 17. The molecule has 4 heteroatoms. The number of quaternary nitrogens is 1. The Labute approximate surface area is 157 Å². The van der Waals surface area contributed by atoms with Crippen molar-refractivity contribution in [1.29, 1.82) is 0 Å². The highest BCUT2D eigenvalue weighted by molar-refractivity contribution is 5.66. The Kier molecular flexibility index (Phi) is 16.2. The van der Waals surface area contributed by atoms with Crippen LogP contribution >= 0.6 is 0 Å². The molecule has 0 aromatic rings. The van der Waals surface area contributed by atoms with E-state index in [0.717, 1.165) is 30.4 Å². The Hall–Kier alpha value is -0.770. The van der Waals surface area contributed by atoms with Gasteiger partial charge in [0, 0.05) is 6.54 Å². The molecule has 0 bridgehead atoms. The third-order valence-electron chi connectivity index (χ3n) is 4.85. The number of carbonyl (C=O) groups excluding carboxylic acids is 1. The van der Waals surface area contributed by atoms with E-state index in [1.807, 2.05) is 0 Å². The molecule has 0 fully saturated rings. The van der Waals surface area contributed by atoms with Crippen LogP contribution in [0, 0.1) is 0 Å². The summed E-state index contributed by atoms with van der Waals surface area (Å²) in [7, 11) is 4.46. The van der Waals surface area contributed by atoms with Crippen molar-refractivity contribution in [3.63, 3.8) is 0 Å². The molecular weight excluding hydrogens is 312 g/mol. The fourth-order valence-corrected chi connectivity index (χ4v) is 2.94. The second-order valence-corrected chi connectivity index (χ2v) is 7.98. The van der Waals surface area contributed by atoms with Gasteiger partial charge in [-0.05, 0) is 19.3 Å². The number of amides is 1. The summed E-state index contributed by atoms with van der Waals surface area (Å²) in [5.74, 6) is 0. The molecule has 0 aromatic carbocycles. The molecule has 150 valence electrons. The Morgan fingerprint density at radius 3 is 1.84 bits per heavy atom. The first-order chi connectivity index (χ1) is 12.0. The molecule has 1 amide bonds. The molecule has 0 atom stereocenters. The van der Waals surface area contributed by atoms with Crippen LogP contribution in [0.25, 0.3) is 0 Å². The van der Waals surface area contributed by atoms with Gasteiger partial charge in [0.25, 0.3) is 0 Å². The normalized spacial score (nSPS) is 11.5. The van der Waals surface area contributed by atoms with E-state index in [2.05, 4.69) is 33.3 Å². The number of unbranched alkanes of at least 4 members (excludes halogenated alkanes) is 10. The summed E-state index contributed by atoms with van der Waals surface area (Å²) in [4.78, 5) is 11.5. The SMILES string of the molecule is CCCCCCCCCCCC[N+](C)(C)CCOC(=O)NCCCC. The molecule has 0 aliphatic heterocycles. The summed E-state index contributed by atoms with van der Waals surface area (Å²) >= 11 is 0. The quantitative estimate of drug-likeness (QED) is 0.275. The van der Waals surface area contributed by atoms with Crippen LogP contribution < -0.4 is 5.32 Å². The largest absolute Gasteiger partial charge is 0.444 e. The van der Waals surface area contributed by atoms with Crippen LogP contribution in [-0.2, 0) is 4.74 Å². The fraction of sp³-hybridized carbons (Fsp3) is 0.952. The average Bonchev–Trinajstić information content (AvgIpc) is 2.56. The fourth-order valence-electron chi connectivity index (χ4n) is 2.94. The predicted octanol–water partition coefficient (Wildman–Crippen LogP) is 5.51. The van der Waals surface area contributed by atoms with Gasteiger partial charge < -0.3 is 14.5 Å². The monoisotopic (exact) mass is 357 g/mol. The van der Waals surface area contributed by atoms with Gasteiger partial charge in [0.2, 0.25) is 0 Å². The zero-order valence-electron chi connectivity index (χ0n) is 17.6. The van der Waals surface area contributed by atoms with Crippen molar-refractivity contribution in [3.8, 4) is 0 Å². The molecule has 4 nitrogen and oxygen atoms in total. The van der Waals surface area contributed by atoms with E-state index in [-0.39, 0.29) is 6.09 Å². The predicted molar refractivity (Wildman–Crippen MR) is 108 cm³/mol. The van der Waals surface area contributed by atoms with Crippen molar-refractivity contribution in [1.82, 2.24) is 5.32 Å². The van der Waals surface area contributed by atoms with Crippen molar-refractivity contribution in [3.05, 3.63) is 0 Å². The maximum atomic E-state index is 11.5. The molecule has 0 rings (SSSR count). The Balaban J connectivity index is 3.47. The average molecular weight is 358 g/mol. The van der Waals surface area contributed by atoms with Gasteiger partial charge in [-0.15, -0.1) is 0 Å². The molecule has 0 aromatic heterocycles. The molecule has 0 radical (unpaired) electrons. The lowest BCUT2D eigenvalue weighted by Gasteiger charge is -2.29. The molecule has 0 aliphatic carbocycles. The molecule has 0 saturated heterocycles. The Morgan fingerprint density at radius 2 is 1.28 bits per heavy atom. The lowest BCUT2D eigenvalue weighted by atomic mass is 10.1. The van der Waals surface area contributed by atoms with E-state index in [1.165, 1.54) is 64.2 Å². The summed E-state index contributed by atoms with van der Waals surface area (Å²) < 4.78 is 6.19. The standard InChI is InChI=1S/C21H44N2O2/c1-5-7-9-10-11-12-13-14-15-16-18-23(3,4)19-20-25-21(24)22-17-8-6-2/h5-20H2,1-4H3/p+1. The Morgan fingerprint density at radius 1 is 0.760 bits per heavy atom. The number of alkyl carbamates (subject to hydrolysis) is 1. The van der Waals surface area contributed by atoms with Crippen molar-refractivity contribution in [2.45, 2.75) is 90.9 Å². The van der Waals surface area contributed by atoms with Crippen molar-refractivity contribution in [2.75, 3.05) is 40.3 Å². The maximum absolute atomic E-state index is 11.5. The second-order valence-electron chi connectivity index (χ2n) is 7.98. The molecule has 0 saturated carbocycles. The number of ether oxygens (including phenoxy) is 1. The van der Waals surface area contributed by atoms with Crippen molar-refractivity contribution < 1.29 is 14.0 Å². The van der Waals surface area contributed by atoms with Gasteiger partial charge in [-0.1, -0.05) is 71.6 Å². The summed E-state index contributed by atoms with van der Waals surface area (Å²) in [6.07, 6.45) is 15.6. The minimum atomic E-state index is -0.271. The zero-order chi connectivity index (χ0) is 18.8. The summed E-state index contributed by atoms with van der Waals surface area (Å²) in [6.45, 7) is 7.65. The third kappa shape index (κ3) is 17.8. The van der Waals surface area contributed by atoms with E-state index >= 15 is 0 Å². The number of hydrogen-bond acceptors (Lipinski definition) is 2. The molecule has 1 N–H and O–H groups in total. The summed E-state index contributed by atoms with van der Waals surface area (Å²) in [5.41, 5.74) is 0. The lowest BCUT2D eigenvalue weighted by Crippen LogP contribution is -2.43. The van der Waals surface area contributed by atoms with Gasteiger partial charge in [-0.25, -0.2) is 4.79 Å². The molecular formula is C21H45N2O2+. The number of carbonyl (C=O) groups is 1. The van der Waals surface area contributed by atoms with E-state index in [4.69, 9.17) is 4.74 Å². The van der Waals surface area contributed by atoms with Crippen LogP contribution in [0.5, 0.6) is 0 Å². The molecule has 25 heavy (non-hydrogen) atoms. The number of likely N-dealkylation sites (N-methyl/N-ethyl adjacent to an activating group) is 1. The molecule has 0 unspecified atom stereocenters. The van der Waals surface area contributed by atoms with Gasteiger partial charge in [-0.2, -0.15) is 0 Å². The smallest absolute Gasteiger partial charge is 0.407 e. The number of nitrogens with zero attached hydrogens (tertiary/aromatic N) is 1. The maximum Gasteiger partial charge on any atom is 0.407 e. The summed E-state index contributed by atoms with van der Waals surface area (Å²) in [5, 5.41) is 2.79. The van der Waals surface area contributed by atoms with Gasteiger partial charge in [0.1, 0.15) is 13.2 Å². The first-order valence-electron chi connectivity index (χ1n) is 10.7. The number of nitrogens with one attached hydrogen (secondary N) is 1. The van der Waals surface area contributed by atoms with Crippen LogP contribution in [-0.4, -0.2) is 50.9 Å². The minimum absolute atomic E-state index is 0.271. The number of hydrogen-bond donors (Lipinski definition) is 1. The lowest BCUT2D eigenvalue weighted by molar-refractivity contribution is -0.890. The van der Waals surface area contributed by atoms with Crippen LogP contribution in [0.3, 0.4) is 0 Å². The van der Waals surface area contributed by atoms with E-state index in [0.29, 0.717) is 13.2 Å². The summed E-state index contributed by atoms with van der Waals surface area (Å²) in [6, 6.07) is 0. The topological polar surface area (TPSA) is 38.3 Å². The third-order valence-corrected chi connectivity index (χ3v) is 4.85. The van der Waals surface area contributed by atoms with Crippen molar-refractivity contribution >= 4 is 6.09 Å². The van der Waals surface area contributed by atoms with Crippen LogP contribution in [0.15, 0.2) is 0 Å². The first-order valence-corrected chi connectivity index (χ1v) is 10.7. The highest BCUT2D eigenvalue weighted by Crippen LogP contribution is 2.11.